The van der Waals surface area contributed by atoms with Crippen molar-refractivity contribution < 1.29 is 33.3 Å². The molecule has 1 unspecified atom stereocenters. The van der Waals surface area contributed by atoms with E-state index in [1.165, 1.54) is 0 Å². The minimum absolute atomic E-state index is 0. The molecule has 1 atom stereocenters. The van der Waals surface area contributed by atoms with Crippen molar-refractivity contribution in [3.8, 4) is 11.8 Å². The van der Waals surface area contributed by atoms with Crippen LogP contribution in [0.1, 0.15) is 30.9 Å². The van der Waals surface area contributed by atoms with E-state index >= 15 is 0 Å². The standard InChI is InChI=1S/C21H24N3O.HI/c1-4-9-21(15-22,12-16-6-5-10-24(2)14-16)19-13-23-20-8-7-17(25-3)11-18(19)20;/h5-8,10-11,13-14,23H,4,9,12H2,1-3H3;1H/q+1;/p-1. The van der Waals surface area contributed by atoms with Crippen LogP contribution in [0.3, 0.4) is 0 Å². The summed E-state index contributed by atoms with van der Waals surface area (Å²) in [6.07, 6.45) is 8.54. The number of hydrogen-bond donors (Lipinski definition) is 1. The van der Waals surface area contributed by atoms with Gasteiger partial charge in [0.2, 0.25) is 0 Å². The van der Waals surface area contributed by atoms with Crippen molar-refractivity contribution in [2.75, 3.05) is 7.11 Å². The summed E-state index contributed by atoms with van der Waals surface area (Å²) >= 11 is 0. The third-order valence-corrected chi connectivity index (χ3v) is 4.80. The summed E-state index contributed by atoms with van der Waals surface area (Å²) in [6.45, 7) is 2.13. The van der Waals surface area contributed by atoms with Crippen molar-refractivity contribution in [1.29, 1.82) is 5.26 Å². The fourth-order valence-electron chi connectivity index (χ4n) is 3.63. The molecular formula is C21H24IN3O. The number of benzene rings is 1. The van der Waals surface area contributed by atoms with Crippen LogP contribution in [0.15, 0.2) is 48.9 Å². The number of ether oxygens (including phenoxy) is 1. The molecule has 3 rings (SSSR count). The monoisotopic (exact) mass is 461 g/mol. The molecule has 2 heterocycles. The average Bonchev–Trinajstić information content (AvgIpc) is 3.05. The average molecular weight is 461 g/mol. The van der Waals surface area contributed by atoms with Crippen molar-refractivity contribution in [1.82, 2.24) is 4.98 Å². The number of pyridine rings is 1. The molecule has 4 nitrogen and oxygen atoms in total. The summed E-state index contributed by atoms with van der Waals surface area (Å²) in [7, 11) is 3.68. The van der Waals surface area contributed by atoms with E-state index in [0.29, 0.717) is 6.42 Å². The number of nitrogens with zero attached hydrogens (tertiary/aromatic N) is 2. The fourth-order valence-corrected chi connectivity index (χ4v) is 3.63. The van der Waals surface area contributed by atoms with Gasteiger partial charge in [-0.25, -0.2) is 4.57 Å². The van der Waals surface area contributed by atoms with Gasteiger partial charge in [0.25, 0.3) is 0 Å². The zero-order valence-corrected chi connectivity index (χ0v) is 17.6. The van der Waals surface area contributed by atoms with Gasteiger partial charge in [-0.3, -0.25) is 0 Å². The van der Waals surface area contributed by atoms with E-state index in [4.69, 9.17) is 4.74 Å². The molecule has 1 aromatic carbocycles. The Balaban J connectivity index is 0.00000243. The number of H-pyrrole nitrogens is 1. The summed E-state index contributed by atoms with van der Waals surface area (Å²) in [5.41, 5.74) is 2.69. The summed E-state index contributed by atoms with van der Waals surface area (Å²) in [6, 6.07) is 12.7. The highest BCUT2D eigenvalue weighted by Crippen LogP contribution is 2.38. The Kier molecular flexibility index (Phi) is 6.65. The van der Waals surface area contributed by atoms with E-state index in [0.717, 1.165) is 40.6 Å². The van der Waals surface area contributed by atoms with E-state index in [-0.39, 0.29) is 24.0 Å². The zero-order chi connectivity index (χ0) is 17.9. The number of aromatic nitrogens is 2. The van der Waals surface area contributed by atoms with Crippen LogP contribution in [0.4, 0.5) is 0 Å². The molecule has 0 fully saturated rings. The van der Waals surface area contributed by atoms with E-state index in [9.17, 15) is 5.26 Å². The lowest BCUT2D eigenvalue weighted by molar-refractivity contribution is -0.671. The van der Waals surface area contributed by atoms with Crippen molar-refractivity contribution in [2.45, 2.75) is 31.6 Å². The second-order valence-electron chi connectivity index (χ2n) is 6.61. The van der Waals surface area contributed by atoms with Gasteiger partial charge >= 0.3 is 0 Å². The SMILES string of the molecule is CCCC(C#N)(Cc1ccc[n+](C)c1)c1c[nH]c2ccc(OC)cc12.[I-]. The Morgan fingerprint density at radius 1 is 1.31 bits per heavy atom. The molecular weight excluding hydrogens is 437 g/mol. The van der Waals surface area contributed by atoms with Crippen molar-refractivity contribution in [3.05, 3.63) is 60.0 Å². The second kappa shape index (κ2) is 8.54. The number of fused-ring (bicyclic) bond motifs is 1. The quantitative estimate of drug-likeness (QED) is 0.437. The molecule has 0 amide bonds. The molecule has 1 N–H and O–H groups in total. The number of nitrogens with one attached hydrogen (secondary N) is 1. The Morgan fingerprint density at radius 2 is 2.12 bits per heavy atom. The molecule has 0 bridgehead atoms. The van der Waals surface area contributed by atoms with Crippen molar-refractivity contribution in [3.63, 3.8) is 0 Å². The lowest BCUT2D eigenvalue weighted by Gasteiger charge is -2.26. The van der Waals surface area contributed by atoms with Gasteiger partial charge < -0.3 is 33.7 Å². The summed E-state index contributed by atoms with van der Waals surface area (Å²) < 4.78 is 7.42. The van der Waals surface area contributed by atoms with Crippen LogP contribution in [-0.4, -0.2) is 12.1 Å². The maximum atomic E-state index is 10.2. The molecule has 26 heavy (non-hydrogen) atoms. The first-order valence-electron chi connectivity index (χ1n) is 8.63. The normalized spacial score (nSPS) is 12.8. The van der Waals surface area contributed by atoms with Crippen LogP contribution in [0.2, 0.25) is 0 Å². The Bertz CT molecular complexity index is 928. The van der Waals surface area contributed by atoms with E-state index < -0.39 is 5.41 Å². The number of halogens is 1. The number of aryl methyl sites for hydroxylation is 1. The fraction of sp³-hybridized carbons (Fsp3) is 0.333. The first kappa shape index (κ1) is 20.2. The van der Waals surface area contributed by atoms with Gasteiger partial charge in [0.1, 0.15) is 12.8 Å². The number of aromatic amines is 1. The Labute approximate surface area is 171 Å². The molecule has 0 saturated heterocycles. The van der Waals surface area contributed by atoms with Crippen molar-refractivity contribution >= 4 is 10.9 Å². The minimum atomic E-state index is -0.562. The summed E-state index contributed by atoms with van der Waals surface area (Å²) in [4.78, 5) is 3.32. The molecule has 136 valence electrons. The van der Waals surface area contributed by atoms with Crippen LogP contribution in [0, 0.1) is 11.3 Å². The molecule has 2 aromatic heterocycles. The van der Waals surface area contributed by atoms with Crippen LogP contribution in [0.5, 0.6) is 5.75 Å². The molecule has 0 saturated carbocycles. The lowest BCUT2D eigenvalue weighted by Crippen LogP contribution is -3.00. The van der Waals surface area contributed by atoms with Crippen LogP contribution in [-0.2, 0) is 18.9 Å². The predicted octanol–water partition coefficient (Wildman–Crippen LogP) is 0.809. The van der Waals surface area contributed by atoms with Gasteiger partial charge in [-0.05, 0) is 36.2 Å². The van der Waals surface area contributed by atoms with Gasteiger partial charge in [-0.2, -0.15) is 5.26 Å². The molecule has 0 spiro atoms. The Hall–Kier alpha value is -2.07. The summed E-state index contributed by atoms with van der Waals surface area (Å²) in [5.74, 6) is 0.808. The van der Waals surface area contributed by atoms with Crippen LogP contribution >= 0.6 is 0 Å². The van der Waals surface area contributed by atoms with E-state index in [1.807, 2.05) is 48.3 Å². The molecule has 0 aliphatic rings. The predicted molar refractivity (Wildman–Crippen MR) is 98.4 cm³/mol. The Morgan fingerprint density at radius 3 is 2.77 bits per heavy atom. The number of rotatable bonds is 6. The maximum Gasteiger partial charge on any atom is 0.171 e. The maximum absolute atomic E-state index is 10.2. The van der Waals surface area contributed by atoms with Gasteiger partial charge in [0.15, 0.2) is 12.4 Å². The number of nitriles is 1. The third kappa shape index (κ3) is 3.85. The zero-order valence-electron chi connectivity index (χ0n) is 15.4. The third-order valence-electron chi connectivity index (χ3n) is 4.80. The topological polar surface area (TPSA) is 52.7 Å². The number of hydrogen-bond acceptors (Lipinski definition) is 2. The van der Waals surface area contributed by atoms with Crippen molar-refractivity contribution in [2.24, 2.45) is 7.05 Å². The molecule has 0 radical (unpaired) electrons. The molecule has 0 aliphatic heterocycles. The van der Waals surface area contributed by atoms with Gasteiger partial charge in [-0.1, -0.05) is 13.3 Å². The summed E-state index contributed by atoms with van der Waals surface area (Å²) in [5, 5.41) is 11.3. The molecule has 0 aliphatic carbocycles. The smallest absolute Gasteiger partial charge is 0.171 e. The second-order valence-corrected chi connectivity index (χ2v) is 6.61. The molecule has 5 heteroatoms. The van der Waals surface area contributed by atoms with E-state index in [2.05, 4.69) is 30.2 Å². The number of methoxy groups -OCH3 is 1. The highest BCUT2D eigenvalue weighted by atomic mass is 127. The highest BCUT2D eigenvalue weighted by Gasteiger charge is 2.35. The van der Waals surface area contributed by atoms with Gasteiger partial charge in [-0.15, -0.1) is 0 Å². The van der Waals surface area contributed by atoms with Crippen LogP contribution < -0.4 is 33.3 Å². The van der Waals surface area contributed by atoms with Crippen LogP contribution in [0.25, 0.3) is 10.9 Å². The largest absolute Gasteiger partial charge is 1.00 e. The first-order valence-corrected chi connectivity index (χ1v) is 8.63. The highest BCUT2D eigenvalue weighted by molar-refractivity contribution is 5.86. The lowest BCUT2D eigenvalue weighted by atomic mass is 9.73. The molecule has 3 aromatic rings. The van der Waals surface area contributed by atoms with Gasteiger partial charge in [0.05, 0.1) is 18.6 Å². The van der Waals surface area contributed by atoms with E-state index in [1.54, 1.807) is 7.11 Å². The van der Waals surface area contributed by atoms with Gasteiger partial charge in [0, 0.05) is 35.2 Å². The first-order chi connectivity index (χ1) is 12.1. The minimum Gasteiger partial charge on any atom is -1.00 e.